The maximum atomic E-state index is 9.88. The monoisotopic (exact) mass is 211 g/mol. The molecule has 0 saturated carbocycles. The van der Waals surface area contributed by atoms with Crippen LogP contribution in [-0.2, 0) is 11.2 Å². The molecule has 0 aliphatic carbocycles. The number of hydrogen-bond acceptors (Lipinski definition) is 5. The lowest BCUT2D eigenvalue weighted by Gasteiger charge is -2.05. The van der Waals surface area contributed by atoms with Crippen molar-refractivity contribution in [2.75, 3.05) is 25.5 Å². The lowest BCUT2D eigenvalue weighted by atomic mass is 10.3. The van der Waals surface area contributed by atoms with Crippen molar-refractivity contribution in [2.24, 2.45) is 4.99 Å². The molecule has 0 spiro atoms. The van der Waals surface area contributed by atoms with Crippen molar-refractivity contribution in [3.05, 3.63) is 10.6 Å². The van der Waals surface area contributed by atoms with Crippen LogP contribution >= 0.6 is 11.3 Å². The van der Waals surface area contributed by atoms with Gasteiger partial charge in [-0.3, -0.25) is 0 Å². The molecular formula is C9H13N3OS. The molecule has 1 aromatic heterocycles. The Balaban J connectivity index is 2.72. The Morgan fingerprint density at radius 3 is 2.79 bits per heavy atom. The Morgan fingerprint density at radius 1 is 1.57 bits per heavy atom. The Labute approximate surface area is 87.3 Å². The fraction of sp³-hybridized carbons (Fsp3) is 0.556. The molecule has 14 heavy (non-hydrogen) atoms. The third kappa shape index (κ3) is 2.65. The van der Waals surface area contributed by atoms with Crippen LogP contribution in [0.4, 0.5) is 5.13 Å². The number of nitrogens with zero attached hydrogens (tertiary/aromatic N) is 3. The van der Waals surface area contributed by atoms with Gasteiger partial charge in [-0.25, -0.2) is 14.8 Å². The first-order chi connectivity index (χ1) is 6.65. The van der Waals surface area contributed by atoms with Gasteiger partial charge < -0.3 is 4.90 Å². The number of isocyanates is 1. The average molecular weight is 211 g/mol. The van der Waals surface area contributed by atoms with Gasteiger partial charge >= 0.3 is 0 Å². The molecule has 0 unspecified atom stereocenters. The van der Waals surface area contributed by atoms with E-state index in [0.717, 1.165) is 17.2 Å². The smallest absolute Gasteiger partial charge is 0.234 e. The molecule has 1 rings (SSSR count). The first-order valence-corrected chi connectivity index (χ1v) is 5.14. The normalized spacial score (nSPS) is 9.64. The van der Waals surface area contributed by atoms with E-state index in [1.165, 1.54) is 11.0 Å². The fourth-order valence-electron chi connectivity index (χ4n) is 1.04. The first kappa shape index (κ1) is 10.9. The number of aromatic nitrogens is 1. The molecule has 1 aromatic rings. The summed E-state index contributed by atoms with van der Waals surface area (Å²) in [5.74, 6) is 0. The van der Waals surface area contributed by atoms with Crippen LogP contribution in [0.5, 0.6) is 0 Å². The SMILES string of the molecule is Cc1nc(N(C)C)sc1CCN=C=O. The Kier molecular flexibility index (Phi) is 3.80. The van der Waals surface area contributed by atoms with Gasteiger partial charge in [0, 0.05) is 25.4 Å². The summed E-state index contributed by atoms with van der Waals surface area (Å²) in [6.07, 6.45) is 2.31. The van der Waals surface area contributed by atoms with Crippen LogP contribution < -0.4 is 4.90 Å². The minimum absolute atomic E-state index is 0.499. The summed E-state index contributed by atoms with van der Waals surface area (Å²) in [6.45, 7) is 2.48. The minimum atomic E-state index is 0.499. The fourth-order valence-corrected chi connectivity index (χ4v) is 2.01. The zero-order chi connectivity index (χ0) is 10.6. The molecule has 0 aliphatic rings. The number of anilines is 1. The molecule has 4 nitrogen and oxygen atoms in total. The van der Waals surface area contributed by atoms with Crippen LogP contribution in [0, 0.1) is 6.92 Å². The average Bonchev–Trinajstić information content (AvgIpc) is 2.49. The summed E-state index contributed by atoms with van der Waals surface area (Å²) < 4.78 is 0. The summed E-state index contributed by atoms with van der Waals surface area (Å²) in [4.78, 5) is 21.0. The van der Waals surface area contributed by atoms with Crippen LogP contribution in [0.3, 0.4) is 0 Å². The highest BCUT2D eigenvalue weighted by Crippen LogP contribution is 2.24. The highest BCUT2D eigenvalue weighted by atomic mass is 32.1. The maximum absolute atomic E-state index is 9.88. The summed E-state index contributed by atoms with van der Waals surface area (Å²) >= 11 is 1.64. The summed E-state index contributed by atoms with van der Waals surface area (Å²) in [5, 5.41) is 0.993. The van der Waals surface area contributed by atoms with E-state index in [2.05, 4.69) is 9.98 Å². The lowest BCUT2D eigenvalue weighted by molar-refractivity contribution is 0.563. The molecule has 0 radical (unpaired) electrons. The summed E-state index contributed by atoms with van der Waals surface area (Å²) in [7, 11) is 3.93. The maximum Gasteiger partial charge on any atom is 0.234 e. The van der Waals surface area contributed by atoms with Crippen LogP contribution in [0.15, 0.2) is 4.99 Å². The zero-order valence-corrected chi connectivity index (χ0v) is 9.39. The van der Waals surface area contributed by atoms with Gasteiger partial charge in [0.15, 0.2) is 5.13 Å². The number of carbonyl (C=O) groups excluding carboxylic acids is 1. The van der Waals surface area contributed by atoms with E-state index in [4.69, 9.17) is 0 Å². The van der Waals surface area contributed by atoms with Crippen molar-refractivity contribution in [1.29, 1.82) is 0 Å². The molecule has 0 atom stereocenters. The van der Waals surface area contributed by atoms with Gasteiger partial charge in [0.05, 0.1) is 12.2 Å². The van der Waals surface area contributed by atoms with Crippen LogP contribution in [0.25, 0.3) is 0 Å². The zero-order valence-electron chi connectivity index (χ0n) is 8.57. The highest BCUT2D eigenvalue weighted by Gasteiger charge is 2.07. The molecule has 5 heteroatoms. The van der Waals surface area contributed by atoms with E-state index in [1.807, 2.05) is 25.9 Å². The van der Waals surface area contributed by atoms with Crippen molar-refractivity contribution < 1.29 is 4.79 Å². The van der Waals surface area contributed by atoms with E-state index in [0.29, 0.717) is 6.54 Å². The van der Waals surface area contributed by atoms with Gasteiger partial charge in [-0.15, -0.1) is 11.3 Å². The predicted molar refractivity (Wildman–Crippen MR) is 57.9 cm³/mol. The topological polar surface area (TPSA) is 45.6 Å². The predicted octanol–water partition coefficient (Wildman–Crippen LogP) is 1.40. The Morgan fingerprint density at radius 2 is 2.29 bits per heavy atom. The first-order valence-electron chi connectivity index (χ1n) is 4.32. The van der Waals surface area contributed by atoms with E-state index in [-0.39, 0.29) is 0 Å². The van der Waals surface area contributed by atoms with E-state index in [1.54, 1.807) is 11.3 Å². The molecule has 0 bridgehead atoms. The Bertz CT molecular complexity index is 353. The number of aliphatic imine (C=N–C) groups is 1. The third-order valence-corrected chi connectivity index (χ3v) is 3.16. The van der Waals surface area contributed by atoms with Gasteiger partial charge in [0.2, 0.25) is 6.08 Å². The van der Waals surface area contributed by atoms with Crippen molar-refractivity contribution in [1.82, 2.24) is 4.98 Å². The van der Waals surface area contributed by atoms with E-state index in [9.17, 15) is 4.79 Å². The van der Waals surface area contributed by atoms with Gasteiger partial charge in [-0.05, 0) is 6.92 Å². The quantitative estimate of drug-likeness (QED) is 0.558. The molecule has 0 N–H and O–H groups in total. The number of rotatable bonds is 4. The van der Waals surface area contributed by atoms with Crippen molar-refractivity contribution in [3.63, 3.8) is 0 Å². The largest absolute Gasteiger partial charge is 0.354 e. The third-order valence-electron chi connectivity index (χ3n) is 1.78. The lowest BCUT2D eigenvalue weighted by Crippen LogP contribution is -2.07. The molecular weight excluding hydrogens is 198 g/mol. The second kappa shape index (κ2) is 4.88. The summed E-state index contributed by atoms with van der Waals surface area (Å²) in [5.41, 5.74) is 1.03. The van der Waals surface area contributed by atoms with Crippen molar-refractivity contribution in [2.45, 2.75) is 13.3 Å². The van der Waals surface area contributed by atoms with Crippen LogP contribution in [-0.4, -0.2) is 31.7 Å². The molecule has 0 amide bonds. The van der Waals surface area contributed by atoms with Gasteiger partial charge in [0.25, 0.3) is 0 Å². The minimum Gasteiger partial charge on any atom is -0.354 e. The molecule has 1 heterocycles. The van der Waals surface area contributed by atoms with Crippen LogP contribution in [0.1, 0.15) is 10.6 Å². The number of thiazole rings is 1. The number of hydrogen-bond donors (Lipinski definition) is 0. The molecule has 0 saturated heterocycles. The second-order valence-electron chi connectivity index (χ2n) is 3.12. The van der Waals surface area contributed by atoms with Gasteiger partial charge in [0.1, 0.15) is 0 Å². The van der Waals surface area contributed by atoms with Crippen molar-refractivity contribution >= 4 is 22.5 Å². The number of aryl methyl sites for hydroxylation is 1. The highest BCUT2D eigenvalue weighted by molar-refractivity contribution is 7.15. The summed E-state index contributed by atoms with van der Waals surface area (Å²) in [6, 6.07) is 0. The molecule has 0 fully saturated rings. The van der Waals surface area contributed by atoms with Crippen molar-refractivity contribution in [3.8, 4) is 0 Å². The van der Waals surface area contributed by atoms with Gasteiger partial charge in [-0.1, -0.05) is 0 Å². The van der Waals surface area contributed by atoms with Crippen LogP contribution in [0.2, 0.25) is 0 Å². The molecule has 0 aliphatic heterocycles. The Hall–Kier alpha value is -1.19. The molecule has 76 valence electrons. The van der Waals surface area contributed by atoms with Gasteiger partial charge in [-0.2, -0.15) is 0 Å². The van der Waals surface area contributed by atoms with E-state index >= 15 is 0 Å². The van der Waals surface area contributed by atoms with E-state index < -0.39 is 0 Å². The molecule has 0 aromatic carbocycles. The standard InChI is InChI=1S/C9H13N3OS/c1-7-8(4-5-10-6-13)14-9(11-7)12(2)3/h4-5H2,1-3H3. The second-order valence-corrected chi connectivity index (χ2v) is 4.18.